The standard InChI is InChI=1S/C21H29N3O4S/c1-22-21(23-13-7-16-29(25,26)20-11-4-3-5-12-20)24-18-9-6-10-19(17-18)28-15-8-14-27-2/h3-6,9-12,17H,7-8,13-16H2,1-2H3,(H2,22,23,24). The highest BCUT2D eigenvalue weighted by molar-refractivity contribution is 7.91. The van der Waals surface area contributed by atoms with Crippen LogP contribution in [0.25, 0.3) is 0 Å². The van der Waals surface area contributed by atoms with Gasteiger partial charge < -0.3 is 20.1 Å². The summed E-state index contributed by atoms with van der Waals surface area (Å²) in [5.41, 5.74) is 0.833. The third-order valence-electron chi connectivity index (χ3n) is 4.07. The number of methoxy groups -OCH3 is 1. The molecule has 158 valence electrons. The lowest BCUT2D eigenvalue weighted by Crippen LogP contribution is -2.32. The van der Waals surface area contributed by atoms with Crippen LogP contribution in [0.15, 0.2) is 64.5 Å². The fourth-order valence-corrected chi connectivity index (χ4v) is 3.92. The number of rotatable bonds is 11. The Morgan fingerprint density at radius 3 is 2.55 bits per heavy atom. The number of ether oxygens (including phenoxy) is 2. The number of nitrogens with one attached hydrogen (secondary N) is 2. The van der Waals surface area contributed by atoms with E-state index in [1.807, 2.05) is 24.3 Å². The molecule has 0 amide bonds. The summed E-state index contributed by atoms with van der Waals surface area (Å²) >= 11 is 0. The number of guanidine groups is 1. The number of hydrogen-bond acceptors (Lipinski definition) is 5. The van der Waals surface area contributed by atoms with E-state index in [-0.39, 0.29) is 5.75 Å². The molecule has 0 radical (unpaired) electrons. The maximum absolute atomic E-state index is 12.3. The molecule has 8 heteroatoms. The van der Waals surface area contributed by atoms with Crippen molar-refractivity contribution in [1.29, 1.82) is 0 Å². The van der Waals surface area contributed by atoms with Gasteiger partial charge in [-0.15, -0.1) is 0 Å². The van der Waals surface area contributed by atoms with Gasteiger partial charge in [0, 0.05) is 45.5 Å². The molecule has 0 spiro atoms. The molecule has 0 fully saturated rings. The molecule has 0 aromatic heterocycles. The van der Waals surface area contributed by atoms with Crippen molar-refractivity contribution in [3.05, 3.63) is 54.6 Å². The molecular weight excluding hydrogens is 390 g/mol. The first-order valence-electron chi connectivity index (χ1n) is 9.52. The van der Waals surface area contributed by atoms with Gasteiger partial charge in [-0.25, -0.2) is 8.42 Å². The van der Waals surface area contributed by atoms with Gasteiger partial charge in [0.1, 0.15) is 5.75 Å². The number of hydrogen-bond donors (Lipinski definition) is 2. The van der Waals surface area contributed by atoms with Gasteiger partial charge in [-0.05, 0) is 30.7 Å². The Balaban J connectivity index is 1.79. The predicted molar refractivity (Wildman–Crippen MR) is 117 cm³/mol. The Bertz CT molecular complexity index is 871. The second-order valence-electron chi connectivity index (χ2n) is 6.33. The molecule has 0 aliphatic heterocycles. The first-order chi connectivity index (χ1) is 14.0. The summed E-state index contributed by atoms with van der Waals surface area (Å²) in [7, 11) is 0.0664. The van der Waals surface area contributed by atoms with Crippen LogP contribution in [0.5, 0.6) is 5.75 Å². The Morgan fingerprint density at radius 1 is 1.03 bits per heavy atom. The molecule has 0 bridgehead atoms. The van der Waals surface area contributed by atoms with E-state index in [2.05, 4.69) is 15.6 Å². The summed E-state index contributed by atoms with van der Waals surface area (Å²) in [5, 5.41) is 6.32. The third kappa shape index (κ3) is 8.13. The van der Waals surface area contributed by atoms with E-state index in [9.17, 15) is 8.42 Å². The van der Waals surface area contributed by atoms with Gasteiger partial charge in [0.15, 0.2) is 15.8 Å². The van der Waals surface area contributed by atoms with Crippen molar-refractivity contribution < 1.29 is 17.9 Å². The highest BCUT2D eigenvalue weighted by atomic mass is 32.2. The molecule has 7 nitrogen and oxygen atoms in total. The normalized spacial score (nSPS) is 11.9. The number of anilines is 1. The average molecular weight is 420 g/mol. The maximum atomic E-state index is 12.3. The van der Waals surface area contributed by atoms with E-state index in [0.717, 1.165) is 17.9 Å². The van der Waals surface area contributed by atoms with E-state index in [4.69, 9.17) is 9.47 Å². The Labute approximate surface area is 173 Å². The van der Waals surface area contributed by atoms with Crippen LogP contribution in [0.3, 0.4) is 0 Å². The van der Waals surface area contributed by atoms with Gasteiger partial charge in [0.25, 0.3) is 0 Å². The number of nitrogens with zero attached hydrogens (tertiary/aromatic N) is 1. The maximum Gasteiger partial charge on any atom is 0.195 e. The zero-order chi connectivity index (χ0) is 21.0. The molecule has 2 aromatic rings. The molecule has 0 aliphatic rings. The molecule has 0 saturated carbocycles. The average Bonchev–Trinajstić information content (AvgIpc) is 2.74. The van der Waals surface area contributed by atoms with Crippen LogP contribution in [-0.2, 0) is 14.6 Å². The van der Waals surface area contributed by atoms with E-state index in [1.165, 1.54) is 0 Å². The van der Waals surface area contributed by atoms with Gasteiger partial charge in [-0.1, -0.05) is 24.3 Å². The van der Waals surface area contributed by atoms with Crippen LogP contribution in [0.1, 0.15) is 12.8 Å². The van der Waals surface area contributed by atoms with Crippen LogP contribution in [0.4, 0.5) is 5.69 Å². The molecule has 0 heterocycles. The smallest absolute Gasteiger partial charge is 0.195 e. The molecule has 0 atom stereocenters. The second-order valence-corrected chi connectivity index (χ2v) is 8.44. The van der Waals surface area contributed by atoms with Gasteiger partial charge in [-0.3, -0.25) is 4.99 Å². The molecule has 0 aliphatic carbocycles. The topological polar surface area (TPSA) is 89.0 Å². The highest BCUT2D eigenvalue weighted by Crippen LogP contribution is 2.17. The molecule has 29 heavy (non-hydrogen) atoms. The Morgan fingerprint density at radius 2 is 1.83 bits per heavy atom. The van der Waals surface area contributed by atoms with E-state index >= 15 is 0 Å². The predicted octanol–water partition coefficient (Wildman–Crippen LogP) is 2.95. The minimum atomic E-state index is -3.27. The Hall–Kier alpha value is -2.58. The van der Waals surface area contributed by atoms with Crippen molar-refractivity contribution in [3.63, 3.8) is 0 Å². The summed E-state index contributed by atoms with van der Waals surface area (Å²) in [6.45, 7) is 1.73. The van der Waals surface area contributed by atoms with Crippen LogP contribution < -0.4 is 15.4 Å². The molecule has 2 rings (SSSR count). The quantitative estimate of drug-likeness (QED) is 0.331. The highest BCUT2D eigenvalue weighted by Gasteiger charge is 2.13. The minimum Gasteiger partial charge on any atom is -0.493 e. The summed E-state index contributed by atoms with van der Waals surface area (Å²) in [4.78, 5) is 4.53. The van der Waals surface area contributed by atoms with Crippen molar-refractivity contribution in [1.82, 2.24) is 5.32 Å². The van der Waals surface area contributed by atoms with E-state index < -0.39 is 9.84 Å². The van der Waals surface area contributed by atoms with Gasteiger partial charge in [0.05, 0.1) is 17.3 Å². The lowest BCUT2D eigenvalue weighted by atomic mass is 10.3. The number of benzene rings is 2. The minimum absolute atomic E-state index is 0.0752. The van der Waals surface area contributed by atoms with Crippen molar-refractivity contribution in [3.8, 4) is 5.75 Å². The molecule has 2 N–H and O–H groups in total. The zero-order valence-corrected chi connectivity index (χ0v) is 17.7. The van der Waals surface area contributed by atoms with E-state index in [0.29, 0.717) is 37.0 Å². The van der Waals surface area contributed by atoms with Crippen molar-refractivity contribution >= 4 is 21.5 Å². The number of aliphatic imine (C=N–C) groups is 1. The van der Waals surface area contributed by atoms with Gasteiger partial charge >= 0.3 is 0 Å². The first kappa shape index (κ1) is 22.7. The number of sulfone groups is 1. The van der Waals surface area contributed by atoms with Crippen molar-refractivity contribution in [2.45, 2.75) is 17.7 Å². The van der Waals surface area contributed by atoms with Gasteiger partial charge in [-0.2, -0.15) is 0 Å². The summed E-state index contributed by atoms with van der Waals surface area (Å²) in [5.74, 6) is 1.40. The monoisotopic (exact) mass is 419 g/mol. The fourth-order valence-electron chi connectivity index (χ4n) is 2.59. The molecule has 2 aromatic carbocycles. The fraction of sp³-hybridized carbons (Fsp3) is 0.381. The molecular formula is C21H29N3O4S. The SMILES string of the molecule is CN=C(NCCCS(=O)(=O)c1ccccc1)Nc1cccc(OCCCOC)c1. The van der Waals surface area contributed by atoms with Crippen LogP contribution in [0.2, 0.25) is 0 Å². The zero-order valence-electron chi connectivity index (χ0n) is 16.9. The summed E-state index contributed by atoms with van der Waals surface area (Å²) in [6.07, 6.45) is 1.30. The largest absolute Gasteiger partial charge is 0.493 e. The first-order valence-corrected chi connectivity index (χ1v) is 11.2. The third-order valence-corrected chi connectivity index (χ3v) is 5.88. The molecule has 0 unspecified atom stereocenters. The van der Waals surface area contributed by atoms with Crippen molar-refractivity contribution in [2.24, 2.45) is 4.99 Å². The Kier molecular flexibility index (Phi) is 9.46. The molecule has 0 saturated heterocycles. The lowest BCUT2D eigenvalue weighted by Gasteiger charge is -2.13. The van der Waals surface area contributed by atoms with E-state index in [1.54, 1.807) is 44.5 Å². The summed E-state index contributed by atoms with van der Waals surface area (Å²) in [6, 6.07) is 16.1. The summed E-state index contributed by atoms with van der Waals surface area (Å²) < 4.78 is 35.3. The van der Waals surface area contributed by atoms with Gasteiger partial charge in [0.2, 0.25) is 0 Å². The van der Waals surface area contributed by atoms with Crippen LogP contribution in [0, 0.1) is 0 Å². The van der Waals surface area contributed by atoms with Crippen LogP contribution in [-0.4, -0.2) is 54.0 Å². The van der Waals surface area contributed by atoms with Crippen molar-refractivity contribution in [2.75, 3.05) is 45.0 Å². The lowest BCUT2D eigenvalue weighted by molar-refractivity contribution is 0.172. The van der Waals surface area contributed by atoms with Crippen LogP contribution >= 0.6 is 0 Å². The second kappa shape index (κ2) is 12.1.